The van der Waals surface area contributed by atoms with Crippen molar-refractivity contribution in [1.82, 2.24) is 10.6 Å². The highest BCUT2D eigenvalue weighted by molar-refractivity contribution is 6.62. The second-order valence-electron chi connectivity index (χ2n) is 8.59. The molecule has 2 atom stereocenters. The molecule has 3 N–H and O–H groups in total. The first kappa shape index (κ1) is 21.3. The van der Waals surface area contributed by atoms with Gasteiger partial charge in [-0.15, -0.1) is 0 Å². The van der Waals surface area contributed by atoms with E-state index in [2.05, 4.69) is 10.6 Å². The van der Waals surface area contributed by atoms with Gasteiger partial charge >= 0.3 is 13.1 Å². The van der Waals surface area contributed by atoms with Gasteiger partial charge in [0.1, 0.15) is 12.1 Å². The molecule has 0 aromatic heterocycles. The molecule has 0 radical (unpaired) electrons. The summed E-state index contributed by atoms with van der Waals surface area (Å²) < 4.78 is 12.0. The summed E-state index contributed by atoms with van der Waals surface area (Å²) in [4.78, 5) is 35.1. The predicted molar refractivity (Wildman–Crippen MR) is 107 cm³/mol. The molecule has 0 spiro atoms. The van der Waals surface area contributed by atoms with E-state index >= 15 is 0 Å². The summed E-state index contributed by atoms with van der Waals surface area (Å²) in [5.74, 6) is -1.80. The van der Waals surface area contributed by atoms with Crippen LogP contribution in [0.2, 0.25) is 0 Å². The molecule has 2 saturated heterocycles. The van der Waals surface area contributed by atoms with E-state index in [1.165, 1.54) is 0 Å². The zero-order valence-electron chi connectivity index (χ0n) is 17.2. The zero-order valence-corrected chi connectivity index (χ0v) is 17.2. The SMILES string of the molecule is CC1(C)OB(c2ccc(C[C@@H](NC(=O)[C@@H]3CCC(=O)N3)C(=O)O)cc2)OC1(C)C. The van der Waals surface area contributed by atoms with Crippen LogP contribution in [-0.4, -0.2) is 53.3 Å². The Bertz CT molecular complexity index is 792. The van der Waals surface area contributed by atoms with Crippen molar-refractivity contribution in [2.24, 2.45) is 0 Å². The van der Waals surface area contributed by atoms with Gasteiger partial charge in [0.15, 0.2) is 0 Å². The van der Waals surface area contributed by atoms with Crippen molar-refractivity contribution in [3.63, 3.8) is 0 Å². The normalized spacial score (nSPS) is 23.5. The van der Waals surface area contributed by atoms with E-state index in [9.17, 15) is 19.5 Å². The lowest BCUT2D eigenvalue weighted by molar-refractivity contribution is -0.142. The Labute approximate surface area is 170 Å². The maximum atomic E-state index is 12.2. The van der Waals surface area contributed by atoms with Crippen molar-refractivity contribution in [1.29, 1.82) is 0 Å². The van der Waals surface area contributed by atoms with Gasteiger partial charge < -0.3 is 25.0 Å². The Morgan fingerprint density at radius 2 is 1.79 bits per heavy atom. The summed E-state index contributed by atoms with van der Waals surface area (Å²) >= 11 is 0. The van der Waals surface area contributed by atoms with Gasteiger partial charge in [0.2, 0.25) is 11.8 Å². The molecule has 2 aliphatic heterocycles. The number of aliphatic carboxylic acids is 1. The predicted octanol–water partition coefficient (Wildman–Crippen LogP) is 0.376. The molecule has 29 heavy (non-hydrogen) atoms. The number of carbonyl (C=O) groups is 3. The average Bonchev–Trinajstić information content (AvgIpc) is 3.15. The highest BCUT2D eigenvalue weighted by Gasteiger charge is 2.51. The fraction of sp³-hybridized carbons (Fsp3) is 0.550. The third-order valence-electron chi connectivity index (χ3n) is 5.87. The third kappa shape index (κ3) is 4.62. The number of hydrogen-bond acceptors (Lipinski definition) is 5. The maximum Gasteiger partial charge on any atom is 0.494 e. The molecule has 3 rings (SSSR count). The van der Waals surface area contributed by atoms with Gasteiger partial charge in [0.05, 0.1) is 11.2 Å². The Morgan fingerprint density at radius 1 is 1.21 bits per heavy atom. The van der Waals surface area contributed by atoms with Crippen LogP contribution in [0.5, 0.6) is 0 Å². The molecule has 2 heterocycles. The standard InChI is InChI=1S/C20H27BN2O6/c1-19(2)20(3,4)29-21(28-19)13-7-5-12(6-8-13)11-15(18(26)27)23-17(25)14-9-10-16(24)22-14/h5-8,14-15H,9-11H2,1-4H3,(H,22,24)(H,23,25)(H,26,27)/t14-,15+/m0/s1. The third-order valence-corrected chi connectivity index (χ3v) is 5.87. The fourth-order valence-corrected chi connectivity index (χ4v) is 3.31. The summed E-state index contributed by atoms with van der Waals surface area (Å²) in [6, 6.07) is 5.54. The molecule has 0 saturated carbocycles. The molecule has 2 fully saturated rings. The highest BCUT2D eigenvalue weighted by atomic mass is 16.7. The Morgan fingerprint density at radius 3 is 2.28 bits per heavy atom. The van der Waals surface area contributed by atoms with E-state index in [0.29, 0.717) is 6.42 Å². The van der Waals surface area contributed by atoms with Gasteiger partial charge in [0, 0.05) is 12.8 Å². The number of hydrogen-bond donors (Lipinski definition) is 3. The minimum absolute atomic E-state index is 0.130. The van der Waals surface area contributed by atoms with E-state index in [-0.39, 0.29) is 18.7 Å². The monoisotopic (exact) mass is 402 g/mol. The first-order valence-corrected chi connectivity index (χ1v) is 9.75. The zero-order chi connectivity index (χ0) is 21.4. The number of amides is 2. The summed E-state index contributed by atoms with van der Waals surface area (Å²) in [6.07, 6.45) is 0.779. The molecule has 0 unspecified atom stereocenters. The minimum atomic E-state index is -1.13. The van der Waals surface area contributed by atoms with Crippen LogP contribution >= 0.6 is 0 Å². The number of carbonyl (C=O) groups excluding carboxylic acids is 2. The van der Waals surface area contributed by atoms with Crippen LogP contribution in [0.1, 0.15) is 46.1 Å². The van der Waals surface area contributed by atoms with Crippen LogP contribution in [0.25, 0.3) is 0 Å². The minimum Gasteiger partial charge on any atom is -0.480 e. The van der Waals surface area contributed by atoms with E-state index in [4.69, 9.17) is 9.31 Å². The van der Waals surface area contributed by atoms with Crippen molar-refractivity contribution in [2.45, 2.75) is 70.2 Å². The quantitative estimate of drug-likeness (QED) is 0.593. The van der Waals surface area contributed by atoms with E-state index in [0.717, 1.165) is 11.0 Å². The van der Waals surface area contributed by atoms with Gasteiger partial charge in [-0.1, -0.05) is 24.3 Å². The number of nitrogens with one attached hydrogen (secondary N) is 2. The molecule has 2 amide bonds. The lowest BCUT2D eigenvalue weighted by atomic mass is 9.78. The van der Waals surface area contributed by atoms with Crippen LogP contribution in [0.3, 0.4) is 0 Å². The lowest BCUT2D eigenvalue weighted by Gasteiger charge is -2.32. The van der Waals surface area contributed by atoms with Crippen LogP contribution in [0.4, 0.5) is 0 Å². The van der Waals surface area contributed by atoms with Gasteiger partial charge in [-0.2, -0.15) is 0 Å². The summed E-state index contributed by atoms with van der Waals surface area (Å²) in [6.45, 7) is 7.92. The molecule has 1 aromatic carbocycles. The highest BCUT2D eigenvalue weighted by Crippen LogP contribution is 2.36. The lowest BCUT2D eigenvalue weighted by Crippen LogP contribution is -2.49. The smallest absolute Gasteiger partial charge is 0.480 e. The second kappa shape index (κ2) is 7.80. The van der Waals surface area contributed by atoms with Gasteiger partial charge in [-0.3, -0.25) is 9.59 Å². The van der Waals surface area contributed by atoms with E-state index < -0.39 is 42.3 Å². The van der Waals surface area contributed by atoms with Crippen LogP contribution < -0.4 is 16.1 Å². The first-order chi connectivity index (χ1) is 13.5. The summed E-state index contributed by atoms with van der Waals surface area (Å²) in [7, 11) is -0.491. The number of rotatable bonds is 6. The Balaban J connectivity index is 1.63. The maximum absolute atomic E-state index is 12.2. The summed E-state index contributed by atoms with van der Waals surface area (Å²) in [5.41, 5.74) is 0.723. The van der Waals surface area contributed by atoms with Crippen molar-refractivity contribution in [3.8, 4) is 0 Å². The van der Waals surface area contributed by atoms with Gasteiger partial charge in [0.25, 0.3) is 0 Å². The second-order valence-corrected chi connectivity index (χ2v) is 8.59. The van der Waals surface area contributed by atoms with Crippen molar-refractivity contribution in [2.75, 3.05) is 0 Å². The van der Waals surface area contributed by atoms with Crippen molar-refractivity contribution < 1.29 is 28.8 Å². The molecular weight excluding hydrogens is 375 g/mol. The number of carboxylic acids is 1. The fourth-order valence-electron chi connectivity index (χ4n) is 3.31. The summed E-state index contributed by atoms with van der Waals surface area (Å²) in [5, 5.41) is 14.5. The van der Waals surface area contributed by atoms with Gasteiger partial charge in [-0.25, -0.2) is 4.79 Å². The molecule has 0 bridgehead atoms. The molecule has 156 valence electrons. The molecule has 0 aliphatic carbocycles. The van der Waals surface area contributed by atoms with Crippen LogP contribution in [0.15, 0.2) is 24.3 Å². The number of carboxylic acid groups (broad SMARTS) is 1. The average molecular weight is 402 g/mol. The van der Waals surface area contributed by atoms with Crippen molar-refractivity contribution in [3.05, 3.63) is 29.8 Å². The van der Waals surface area contributed by atoms with Crippen LogP contribution in [-0.2, 0) is 30.1 Å². The Kier molecular flexibility index (Phi) is 5.73. The van der Waals surface area contributed by atoms with Crippen LogP contribution in [0, 0.1) is 0 Å². The topological polar surface area (TPSA) is 114 Å². The van der Waals surface area contributed by atoms with E-state index in [1.807, 2.05) is 39.8 Å². The molecule has 8 nitrogen and oxygen atoms in total. The number of benzene rings is 1. The van der Waals surface area contributed by atoms with Gasteiger partial charge in [-0.05, 0) is 45.1 Å². The van der Waals surface area contributed by atoms with E-state index in [1.54, 1.807) is 12.1 Å². The largest absolute Gasteiger partial charge is 0.494 e. The first-order valence-electron chi connectivity index (χ1n) is 9.75. The molecule has 9 heteroatoms. The Hall–Kier alpha value is -2.39. The molecule has 1 aromatic rings. The molecule has 2 aliphatic rings. The molecular formula is C20H27BN2O6. The van der Waals surface area contributed by atoms with Crippen molar-refractivity contribution >= 4 is 30.4 Å².